The third-order valence-corrected chi connectivity index (χ3v) is 6.73. The normalized spacial score (nSPS) is 23.5. The monoisotopic (exact) mass is 486 g/mol. The van der Waals surface area contributed by atoms with Crippen LogP contribution in [0.5, 0.6) is 11.5 Å². The van der Waals surface area contributed by atoms with Crippen LogP contribution in [0.25, 0.3) is 0 Å². The Morgan fingerprint density at radius 1 is 1.15 bits per heavy atom. The van der Waals surface area contributed by atoms with Crippen LogP contribution in [0.4, 0.5) is 9.18 Å². The Morgan fingerprint density at radius 3 is 2.64 bits per heavy atom. The minimum absolute atomic E-state index is 0.00791. The third kappa shape index (κ3) is 4.09. The van der Waals surface area contributed by atoms with Crippen LogP contribution in [0.15, 0.2) is 77.0 Å². The molecule has 1 N–H and O–H groups in total. The second-order valence-electron chi connectivity index (χ2n) is 8.10. The number of methoxy groups -OCH3 is 1. The maximum Gasteiger partial charge on any atom is 0.416 e. The molecule has 2 aromatic rings. The molecule has 0 radical (unpaired) electrons. The van der Waals surface area contributed by atoms with Crippen LogP contribution in [0.2, 0.25) is 5.02 Å². The van der Waals surface area contributed by atoms with E-state index in [-0.39, 0.29) is 12.0 Å². The molecule has 1 amide bonds. The van der Waals surface area contributed by atoms with E-state index in [0.717, 1.165) is 11.3 Å². The molecule has 2 aliphatic heterocycles. The van der Waals surface area contributed by atoms with Gasteiger partial charge in [-0.15, -0.1) is 0 Å². The Hall–Kier alpha value is -2.96. The molecule has 0 saturated heterocycles. The van der Waals surface area contributed by atoms with Crippen molar-refractivity contribution in [2.24, 2.45) is 5.92 Å². The lowest BCUT2D eigenvalue weighted by atomic mass is 9.85. The van der Waals surface area contributed by atoms with E-state index in [4.69, 9.17) is 32.7 Å². The maximum absolute atomic E-state index is 15.2. The molecule has 3 atom stereocenters. The molecule has 33 heavy (non-hydrogen) atoms. The molecular formula is C25H21Cl2FN2O3. The van der Waals surface area contributed by atoms with Gasteiger partial charge in [0.15, 0.2) is 0 Å². The van der Waals surface area contributed by atoms with Gasteiger partial charge in [-0.3, -0.25) is 4.90 Å². The smallest absolute Gasteiger partial charge is 0.416 e. The summed E-state index contributed by atoms with van der Waals surface area (Å²) in [6.07, 6.45) is 5.92. The van der Waals surface area contributed by atoms with Gasteiger partial charge < -0.3 is 14.8 Å². The molecule has 170 valence electrons. The van der Waals surface area contributed by atoms with Crippen molar-refractivity contribution in [2.75, 3.05) is 13.7 Å². The van der Waals surface area contributed by atoms with Crippen LogP contribution in [0, 0.1) is 11.7 Å². The van der Waals surface area contributed by atoms with Crippen molar-refractivity contribution in [1.29, 1.82) is 0 Å². The summed E-state index contributed by atoms with van der Waals surface area (Å²) in [5.74, 6) is 0.375. The first kappa shape index (κ1) is 21.9. The minimum Gasteiger partial charge on any atom is -0.497 e. The van der Waals surface area contributed by atoms with E-state index in [9.17, 15) is 4.79 Å². The van der Waals surface area contributed by atoms with Crippen molar-refractivity contribution >= 4 is 29.3 Å². The fraction of sp³-hybridized carbons (Fsp3) is 0.240. The number of allylic oxidation sites excluding steroid dienone is 2. The van der Waals surface area contributed by atoms with Crippen molar-refractivity contribution in [1.82, 2.24) is 10.2 Å². The van der Waals surface area contributed by atoms with Gasteiger partial charge in [0.1, 0.15) is 23.4 Å². The van der Waals surface area contributed by atoms with E-state index in [0.29, 0.717) is 40.1 Å². The van der Waals surface area contributed by atoms with E-state index in [1.807, 2.05) is 18.2 Å². The fourth-order valence-electron chi connectivity index (χ4n) is 4.67. The number of rotatable bonds is 3. The first-order chi connectivity index (χ1) is 15.9. The molecule has 0 aromatic heterocycles. The van der Waals surface area contributed by atoms with Gasteiger partial charge >= 0.3 is 6.09 Å². The van der Waals surface area contributed by atoms with Crippen LogP contribution < -0.4 is 14.8 Å². The van der Waals surface area contributed by atoms with Gasteiger partial charge in [0.2, 0.25) is 0 Å². The predicted molar refractivity (Wildman–Crippen MR) is 125 cm³/mol. The first-order valence-electron chi connectivity index (χ1n) is 10.6. The fourth-order valence-corrected chi connectivity index (χ4v) is 5.01. The van der Waals surface area contributed by atoms with E-state index in [2.05, 4.69) is 5.32 Å². The molecule has 3 aliphatic rings. The highest BCUT2D eigenvalue weighted by Crippen LogP contribution is 2.45. The summed E-state index contributed by atoms with van der Waals surface area (Å²) in [4.78, 5) is 14.8. The number of halogens is 3. The lowest BCUT2D eigenvalue weighted by molar-refractivity contribution is 0.133. The SMILES string of the molecule is COc1ccc(C2C3=C(CCN2C(=O)Oc2ccc(Cl)cc2)C2C=C(Cl)C=CC2N3)c(F)c1. The van der Waals surface area contributed by atoms with Gasteiger partial charge in [-0.05, 0) is 54.5 Å². The molecule has 3 unspecified atom stereocenters. The van der Waals surface area contributed by atoms with Gasteiger partial charge in [-0.2, -0.15) is 0 Å². The number of fused-ring (bicyclic) bond motifs is 2. The third-order valence-electron chi connectivity index (χ3n) is 6.22. The number of nitrogens with zero attached hydrogens (tertiary/aromatic N) is 1. The van der Waals surface area contributed by atoms with E-state index in [1.165, 1.54) is 13.2 Å². The van der Waals surface area contributed by atoms with Crippen LogP contribution in [-0.2, 0) is 0 Å². The second kappa shape index (κ2) is 8.76. The van der Waals surface area contributed by atoms with Crippen molar-refractivity contribution in [2.45, 2.75) is 18.5 Å². The molecule has 5 nitrogen and oxygen atoms in total. The van der Waals surface area contributed by atoms with E-state index >= 15 is 4.39 Å². The average molecular weight is 487 g/mol. The molecule has 0 spiro atoms. The summed E-state index contributed by atoms with van der Waals surface area (Å²) in [5.41, 5.74) is 2.29. The molecule has 2 heterocycles. The van der Waals surface area contributed by atoms with Crippen molar-refractivity contribution in [3.63, 3.8) is 0 Å². The van der Waals surface area contributed by atoms with Gasteiger partial charge in [0.05, 0.1) is 13.2 Å². The number of carbonyl (C=O) groups is 1. The summed E-state index contributed by atoms with van der Waals surface area (Å²) >= 11 is 12.2. The average Bonchev–Trinajstić information content (AvgIpc) is 3.18. The predicted octanol–water partition coefficient (Wildman–Crippen LogP) is 5.97. The van der Waals surface area contributed by atoms with E-state index in [1.54, 1.807) is 41.3 Å². The standard InChI is InChI=1S/C25H21Cl2FN2O3/c1-32-17-7-8-19(21(28)13-17)24-23-18(20-12-15(27)4-9-22(20)29-23)10-11-30(24)25(31)33-16-5-2-14(26)3-6-16/h2-9,12-13,20,22,24,29H,10-11H2,1H3. The van der Waals surface area contributed by atoms with Gasteiger partial charge in [0, 0.05) is 39.8 Å². The summed E-state index contributed by atoms with van der Waals surface area (Å²) in [5, 5.41) is 4.71. The van der Waals surface area contributed by atoms with Gasteiger partial charge in [-0.1, -0.05) is 35.4 Å². The zero-order valence-electron chi connectivity index (χ0n) is 17.7. The maximum atomic E-state index is 15.2. The number of amides is 1. The topological polar surface area (TPSA) is 50.8 Å². The Kier molecular flexibility index (Phi) is 5.81. The Labute approximate surface area is 201 Å². The van der Waals surface area contributed by atoms with Crippen LogP contribution in [-0.4, -0.2) is 30.7 Å². The van der Waals surface area contributed by atoms with Crippen molar-refractivity contribution in [3.05, 3.63) is 93.4 Å². The largest absolute Gasteiger partial charge is 0.497 e. The molecular weight excluding hydrogens is 466 g/mol. The zero-order valence-corrected chi connectivity index (χ0v) is 19.2. The number of hydrogen-bond donors (Lipinski definition) is 1. The molecule has 2 aromatic carbocycles. The number of hydrogen-bond acceptors (Lipinski definition) is 4. The molecule has 8 heteroatoms. The van der Waals surface area contributed by atoms with Gasteiger partial charge in [0.25, 0.3) is 0 Å². The number of benzene rings is 2. The summed E-state index contributed by atoms with van der Waals surface area (Å²) < 4.78 is 26.0. The number of ether oxygens (including phenoxy) is 2. The molecule has 0 fully saturated rings. The van der Waals surface area contributed by atoms with Crippen molar-refractivity contribution in [3.8, 4) is 11.5 Å². The Balaban J connectivity index is 1.54. The highest BCUT2D eigenvalue weighted by atomic mass is 35.5. The quantitative estimate of drug-likeness (QED) is 0.580. The summed E-state index contributed by atoms with van der Waals surface area (Å²) in [7, 11) is 1.48. The summed E-state index contributed by atoms with van der Waals surface area (Å²) in [6.45, 7) is 0.376. The van der Waals surface area contributed by atoms with Crippen LogP contribution in [0.3, 0.4) is 0 Å². The lowest BCUT2D eigenvalue weighted by Gasteiger charge is -2.37. The number of nitrogens with one attached hydrogen (secondary N) is 1. The molecule has 0 bridgehead atoms. The van der Waals surface area contributed by atoms with Crippen molar-refractivity contribution < 1.29 is 18.7 Å². The lowest BCUT2D eigenvalue weighted by Crippen LogP contribution is -2.43. The van der Waals surface area contributed by atoms with Gasteiger partial charge in [-0.25, -0.2) is 9.18 Å². The Bertz CT molecular complexity index is 1190. The second-order valence-corrected chi connectivity index (χ2v) is 8.97. The molecule has 0 saturated carbocycles. The van der Waals surface area contributed by atoms with Crippen LogP contribution in [0.1, 0.15) is 18.0 Å². The first-order valence-corrected chi connectivity index (χ1v) is 11.3. The number of carbonyl (C=O) groups excluding carboxylic acids is 1. The van der Waals surface area contributed by atoms with E-state index < -0.39 is 18.0 Å². The highest BCUT2D eigenvalue weighted by molar-refractivity contribution is 6.31. The Morgan fingerprint density at radius 2 is 1.91 bits per heavy atom. The molecule has 5 rings (SSSR count). The van der Waals surface area contributed by atoms with Crippen LogP contribution >= 0.6 is 23.2 Å². The summed E-state index contributed by atoms with van der Waals surface area (Å²) in [6, 6.07) is 10.5. The minimum atomic E-state index is -0.675. The highest BCUT2D eigenvalue weighted by Gasteiger charge is 2.44. The zero-order chi connectivity index (χ0) is 23.1. The molecule has 1 aliphatic carbocycles.